The molecule has 20 heavy (non-hydrogen) atoms. The average molecular weight is 349 g/mol. The number of benzene rings is 2. The number of hydrogen-bond acceptors (Lipinski definition) is 1. The van der Waals surface area contributed by atoms with E-state index < -0.39 is 17.6 Å². The number of halogens is 5. The third-order valence-electron chi connectivity index (χ3n) is 2.56. The SMILES string of the molecule is Fc1cccc(Oc2ccc(CBr)c(C(F)(F)F)c2)c1. The molecule has 0 saturated heterocycles. The van der Waals surface area contributed by atoms with Crippen molar-refractivity contribution in [2.75, 3.05) is 0 Å². The monoisotopic (exact) mass is 348 g/mol. The largest absolute Gasteiger partial charge is 0.457 e. The number of alkyl halides is 4. The van der Waals surface area contributed by atoms with E-state index >= 15 is 0 Å². The number of hydrogen-bond donors (Lipinski definition) is 0. The summed E-state index contributed by atoms with van der Waals surface area (Å²) in [6.45, 7) is 0. The molecule has 0 fully saturated rings. The van der Waals surface area contributed by atoms with Crippen LogP contribution in [-0.2, 0) is 11.5 Å². The summed E-state index contributed by atoms with van der Waals surface area (Å²) in [4.78, 5) is 0. The van der Waals surface area contributed by atoms with E-state index in [0.29, 0.717) is 0 Å². The quantitative estimate of drug-likeness (QED) is 0.523. The molecular weight excluding hydrogens is 340 g/mol. The fraction of sp³-hybridized carbons (Fsp3) is 0.143. The highest BCUT2D eigenvalue weighted by molar-refractivity contribution is 9.08. The van der Waals surface area contributed by atoms with Gasteiger partial charge in [-0.2, -0.15) is 13.2 Å². The van der Waals surface area contributed by atoms with Gasteiger partial charge in [-0.1, -0.05) is 28.1 Å². The van der Waals surface area contributed by atoms with Gasteiger partial charge in [-0.25, -0.2) is 4.39 Å². The van der Waals surface area contributed by atoms with Crippen LogP contribution in [0.4, 0.5) is 17.6 Å². The third kappa shape index (κ3) is 3.50. The Morgan fingerprint density at radius 3 is 2.30 bits per heavy atom. The van der Waals surface area contributed by atoms with Crippen LogP contribution in [0.2, 0.25) is 0 Å². The molecule has 0 aromatic heterocycles. The summed E-state index contributed by atoms with van der Waals surface area (Å²) in [5.74, 6) is -0.368. The molecule has 0 aliphatic rings. The smallest absolute Gasteiger partial charge is 0.416 e. The van der Waals surface area contributed by atoms with Crippen molar-refractivity contribution in [2.45, 2.75) is 11.5 Å². The van der Waals surface area contributed by atoms with E-state index in [-0.39, 0.29) is 22.4 Å². The van der Waals surface area contributed by atoms with Crippen molar-refractivity contribution in [2.24, 2.45) is 0 Å². The highest BCUT2D eigenvalue weighted by Gasteiger charge is 2.33. The molecule has 1 nitrogen and oxygen atoms in total. The van der Waals surface area contributed by atoms with Crippen LogP contribution >= 0.6 is 15.9 Å². The molecule has 0 aliphatic carbocycles. The fourth-order valence-corrected chi connectivity index (χ4v) is 2.16. The van der Waals surface area contributed by atoms with Crippen LogP contribution in [0, 0.1) is 5.82 Å². The van der Waals surface area contributed by atoms with Gasteiger partial charge in [-0.15, -0.1) is 0 Å². The van der Waals surface area contributed by atoms with Crippen LogP contribution in [0.5, 0.6) is 11.5 Å². The molecule has 0 atom stereocenters. The Morgan fingerprint density at radius 1 is 1.00 bits per heavy atom. The standard InChI is InChI=1S/C14H9BrF4O/c15-8-9-4-5-12(7-13(9)14(17,18)19)20-11-3-1-2-10(16)6-11/h1-7H,8H2. The maximum absolute atomic E-state index is 13.0. The van der Waals surface area contributed by atoms with Gasteiger partial charge in [0.25, 0.3) is 0 Å². The Bertz CT molecular complexity index is 610. The van der Waals surface area contributed by atoms with Crippen molar-refractivity contribution in [1.82, 2.24) is 0 Å². The number of ether oxygens (including phenoxy) is 1. The van der Waals surface area contributed by atoms with Crippen molar-refractivity contribution in [3.8, 4) is 11.5 Å². The molecule has 0 unspecified atom stereocenters. The van der Waals surface area contributed by atoms with Gasteiger partial charge in [0.05, 0.1) is 5.56 Å². The zero-order valence-electron chi connectivity index (χ0n) is 10.0. The minimum atomic E-state index is -4.47. The van der Waals surface area contributed by atoms with E-state index in [9.17, 15) is 17.6 Å². The van der Waals surface area contributed by atoms with E-state index in [4.69, 9.17) is 4.74 Å². The van der Waals surface area contributed by atoms with Gasteiger partial charge in [0.15, 0.2) is 0 Å². The maximum Gasteiger partial charge on any atom is 0.416 e. The first kappa shape index (κ1) is 14.8. The second-order valence-electron chi connectivity index (χ2n) is 4.01. The predicted octanol–water partition coefficient (Wildman–Crippen LogP) is 5.53. The first-order chi connectivity index (χ1) is 9.40. The molecule has 106 valence electrons. The van der Waals surface area contributed by atoms with Crippen LogP contribution in [0.15, 0.2) is 42.5 Å². The van der Waals surface area contributed by atoms with Crippen molar-refractivity contribution < 1.29 is 22.3 Å². The van der Waals surface area contributed by atoms with Crippen molar-refractivity contribution in [3.63, 3.8) is 0 Å². The second-order valence-corrected chi connectivity index (χ2v) is 4.57. The minimum Gasteiger partial charge on any atom is -0.457 e. The molecule has 2 aromatic carbocycles. The molecule has 0 saturated carbocycles. The van der Waals surface area contributed by atoms with E-state index in [1.807, 2.05) is 0 Å². The lowest BCUT2D eigenvalue weighted by Gasteiger charge is -2.13. The molecule has 0 radical (unpaired) electrons. The summed E-state index contributed by atoms with van der Waals surface area (Å²) in [7, 11) is 0. The van der Waals surface area contributed by atoms with Gasteiger partial charge in [0.2, 0.25) is 0 Å². The van der Waals surface area contributed by atoms with Gasteiger partial charge in [-0.3, -0.25) is 0 Å². The van der Waals surface area contributed by atoms with Gasteiger partial charge in [0.1, 0.15) is 17.3 Å². The van der Waals surface area contributed by atoms with Crippen LogP contribution in [0.3, 0.4) is 0 Å². The van der Waals surface area contributed by atoms with Crippen LogP contribution in [0.25, 0.3) is 0 Å². The summed E-state index contributed by atoms with van der Waals surface area (Å²) < 4.78 is 56.9. The lowest BCUT2D eigenvalue weighted by Crippen LogP contribution is -2.08. The molecule has 2 aromatic rings. The molecule has 0 aliphatic heterocycles. The average Bonchev–Trinajstić information content (AvgIpc) is 2.37. The molecule has 2 rings (SSSR count). The summed E-state index contributed by atoms with van der Waals surface area (Å²) in [5.41, 5.74) is -0.660. The van der Waals surface area contributed by atoms with E-state index in [1.165, 1.54) is 30.3 Å². The van der Waals surface area contributed by atoms with Gasteiger partial charge in [0, 0.05) is 11.4 Å². The zero-order valence-corrected chi connectivity index (χ0v) is 11.6. The third-order valence-corrected chi connectivity index (χ3v) is 3.17. The van der Waals surface area contributed by atoms with E-state index in [1.54, 1.807) is 0 Å². The Morgan fingerprint density at radius 2 is 1.70 bits per heavy atom. The number of rotatable bonds is 3. The summed E-state index contributed by atoms with van der Waals surface area (Å²) >= 11 is 3.01. The zero-order chi connectivity index (χ0) is 14.8. The predicted molar refractivity (Wildman–Crippen MR) is 70.5 cm³/mol. The Kier molecular flexibility index (Phi) is 4.32. The topological polar surface area (TPSA) is 9.23 Å². The van der Waals surface area contributed by atoms with Crippen LogP contribution < -0.4 is 4.74 Å². The molecular formula is C14H9BrF4O. The normalized spacial score (nSPS) is 11.4. The second kappa shape index (κ2) is 5.83. The summed E-state index contributed by atoms with van der Waals surface area (Å²) in [5, 5.41) is 0.0854. The Labute approximate surface area is 121 Å². The first-order valence-electron chi connectivity index (χ1n) is 5.59. The van der Waals surface area contributed by atoms with E-state index in [0.717, 1.165) is 12.1 Å². The van der Waals surface area contributed by atoms with Crippen molar-refractivity contribution in [1.29, 1.82) is 0 Å². The first-order valence-corrected chi connectivity index (χ1v) is 6.72. The minimum absolute atomic E-state index is 0.00706. The molecule has 0 amide bonds. The molecule has 0 heterocycles. The molecule has 0 bridgehead atoms. The molecule has 0 spiro atoms. The molecule has 0 N–H and O–H groups in total. The van der Waals surface area contributed by atoms with Gasteiger partial charge < -0.3 is 4.74 Å². The Hall–Kier alpha value is -1.56. The highest BCUT2D eigenvalue weighted by atomic mass is 79.9. The van der Waals surface area contributed by atoms with Gasteiger partial charge >= 0.3 is 6.18 Å². The molecule has 6 heteroatoms. The van der Waals surface area contributed by atoms with E-state index in [2.05, 4.69) is 15.9 Å². The highest BCUT2D eigenvalue weighted by Crippen LogP contribution is 2.36. The van der Waals surface area contributed by atoms with Crippen LogP contribution in [-0.4, -0.2) is 0 Å². The lowest BCUT2D eigenvalue weighted by atomic mass is 10.1. The lowest BCUT2D eigenvalue weighted by molar-refractivity contribution is -0.138. The van der Waals surface area contributed by atoms with Crippen molar-refractivity contribution in [3.05, 3.63) is 59.4 Å². The fourth-order valence-electron chi connectivity index (χ4n) is 1.67. The van der Waals surface area contributed by atoms with Crippen molar-refractivity contribution >= 4 is 15.9 Å². The summed E-state index contributed by atoms with van der Waals surface area (Å²) in [6.07, 6.45) is -4.47. The van der Waals surface area contributed by atoms with Gasteiger partial charge in [-0.05, 0) is 29.8 Å². The van der Waals surface area contributed by atoms with Crippen LogP contribution in [0.1, 0.15) is 11.1 Å². The summed E-state index contributed by atoms with van der Waals surface area (Å²) in [6, 6.07) is 8.86. The Balaban J connectivity index is 2.34. The maximum atomic E-state index is 13.0.